The van der Waals surface area contributed by atoms with Gasteiger partial charge in [0, 0.05) is 0 Å². The Morgan fingerprint density at radius 1 is 0.600 bits per heavy atom. The highest BCUT2D eigenvalue weighted by Crippen LogP contribution is 2.02. The minimum Gasteiger partial charge on any atom is -0.0845 e. The molecule has 0 bridgehead atoms. The normalized spacial score (nSPS) is 12.4. The van der Waals surface area contributed by atoms with Crippen molar-refractivity contribution in [1.29, 1.82) is 0 Å². The van der Waals surface area contributed by atoms with Crippen LogP contribution in [0, 0.1) is 0 Å². The highest BCUT2D eigenvalue weighted by atomic mass is 13.9. The Bertz CT molecular complexity index is 184. The quantitative estimate of drug-likeness (QED) is 0.349. The van der Waals surface area contributed by atoms with Crippen molar-refractivity contribution in [2.75, 3.05) is 0 Å². The number of hydrogen-bond donors (Lipinski definition) is 0. The molecule has 0 aliphatic rings. The van der Waals surface area contributed by atoms with Crippen molar-refractivity contribution in [1.82, 2.24) is 0 Å². The van der Waals surface area contributed by atoms with Crippen LogP contribution in [0.2, 0.25) is 0 Å². The van der Waals surface area contributed by atoms with Crippen LogP contribution < -0.4 is 0 Å². The monoisotopic (exact) mass is 206 g/mol. The molecule has 0 aromatic rings. The van der Waals surface area contributed by atoms with E-state index in [0.29, 0.717) is 0 Å². The predicted octanol–water partition coefficient (Wildman–Crippen LogP) is 5.43. The second kappa shape index (κ2) is 13.2. The summed E-state index contributed by atoms with van der Waals surface area (Å²) in [6.07, 6.45) is 22.1. The molecule has 86 valence electrons. The molecule has 0 rings (SSSR count). The number of hydrogen-bond acceptors (Lipinski definition) is 0. The van der Waals surface area contributed by atoms with Crippen LogP contribution in [0.15, 0.2) is 36.5 Å². The van der Waals surface area contributed by atoms with Crippen LogP contribution in [0.1, 0.15) is 58.8 Å². The SMILES string of the molecule is CCCC=CC=CC=CCCCCCC. The summed E-state index contributed by atoms with van der Waals surface area (Å²) >= 11 is 0. The molecule has 0 radical (unpaired) electrons. The van der Waals surface area contributed by atoms with Crippen molar-refractivity contribution in [3.05, 3.63) is 36.5 Å². The summed E-state index contributed by atoms with van der Waals surface area (Å²) in [7, 11) is 0. The maximum Gasteiger partial charge on any atom is -0.0348 e. The molecule has 0 aliphatic carbocycles. The van der Waals surface area contributed by atoms with Gasteiger partial charge in [0.2, 0.25) is 0 Å². The highest BCUT2D eigenvalue weighted by molar-refractivity contribution is 5.10. The molecule has 0 spiro atoms. The number of unbranched alkanes of at least 4 members (excludes halogenated alkanes) is 5. The van der Waals surface area contributed by atoms with Crippen LogP contribution in [0.5, 0.6) is 0 Å². The van der Waals surface area contributed by atoms with Gasteiger partial charge in [-0.2, -0.15) is 0 Å². The van der Waals surface area contributed by atoms with E-state index in [2.05, 4.69) is 50.3 Å². The van der Waals surface area contributed by atoms with E-state index in [4.69, 9.17) is 0 Å². The molecule has 0 fully saturated rings. The van der Waals surface area contributed by atoms with Crippen LogP contribution >= 0.6 is 0 Å². The first-order chi connectivity index (χ1) is 7.41. The summed E-state index contributed by atoms with van der Waals surface area (Å²) in [6, 6.07) is 0. The molecule has 0 heterocycles. The second-order valence-corrected chi connectivity index (χ2v) is 3.88. The molecule has 0 amide bonds. The van der Waals surface area contributed by atoms with Gasteiger partial charge in [0.15, 0.2) is 0 Å². The van der Waals surface area contributed by atoms with Crippen molar-refractivity contribution in [2.24, 2.45) is 0 Å². The summed E-state index contributed by atoms with van der Waals surface area (Å²) in [5.74, 6) is 0. The van der Waals surface area contributed by atoms with Gasteiger partial charge < -0.3 is 0 Å². The minimum atomic E-state index is 1.19. The molecule has 0 atom stereocenters. The third-order valence-corrected chi connectivity index (χ3v) is 2.29. The van der Waals surface area contributed by atoms with E-state index >= 15 is 0 Å². The Balaban J connectivity index is 3.29. The zero-order valence-corrected chi connectivity index (χ0v) is 10.4. The van der Waals surface area contributed by atoms with E-state index in [9.17, 15) is 0 Å². The molecule has 0 aromatic carbocycles. The number of rotatable bonds is 9. The first-order valence-electron chi connectivity index (χ1n) is 6.40. The number of allylic oxidation sites excluding steroid dienone is 6. The van der Waals surface area contributed by atoms with Crippen LogP contribution in [0.4, 0.5) is 0 Å². The fraction of sp³-hybridized carbons (Fsp3) is 0.600. The van der Waals surface area contributed by atoms with Gasteiger partial charge in [0.1, 0.15) is 0 Å². The van der Waals surface area contributed by atoms with Gasteiger partial charge in [0.25, 0.3) is 0 Å². The summed E-state index contributed by atoms with van der Waals surface area (Å²) in [4.78, 5) is 0. The van der Waals surface area contributed by atoms with E-state index in [1.54, 1.807) is 0 Å². The Kier molecular flexibility index (Phi) is 12.5. The zero-order chi connectivity index (χ0) is 11.2. The van der Waals surface area contributed by atoms with Gasteiger partial charge in [-0.1, -0.05) is 76.0 Å². The van der Waals surface area contributed by atoms with E-state index < -0.39 is 0 Å². The van der Waals surface area contributed by atoms with Gasteiger partial charge in [0.05, 0.1) is 0 Å². The van der Waals surface area contributed by atoms with E-state index in [1.165, 1.54) is 44.9 Å². The maximum absolute atomic E-state index is 2.26. The Labute approximate surface area is 95.8 Å². The average molecular weight is 206 g/mol. The van der Waals surface area contributed by atoms with Crippen LogP contribution in [0.3, 0.4) is 0 Å². The minimum absolute atomic E-state index is 1.19. The smallest absolute Gasteiger partial charge is 0.0348 e. The fourth-order valence-electron chi connectivity index (χ4n) is 1.33. The second-order valence-electron chi connectivity index (χ2n) is 3.88. The van der Waals surface area contributed by atoms with Crippen LogP contribution in [-0.4, -0.2) is 0 Å². The van der Waals surface area contributed by atoms with Crippen molar-refractivity contribution >= 4 is 0 Å². The summed E-state index contributed by atoms with van der Waals surface area (Å²) in [6.45, 7) is 4.45. The average Bonchev–Trinajstić information content (AvgIpc) is 2.26. The first-order valence-corrected chi connectivity index (χ1v) is 6.40. The first kappa shape index (κ1) is 14.2. The van der Waals surface area contributed by atoms with Crippen molar-refractivity contribution < 1.29 is 0 Å². The van der Waals surface area contributed by atoms with Gasteiger partial charge in [-0.25, -0.2) is 0 Å². The third-order valence-electron chi connectivity index (χ3n) is 2.29. The highest BCUT2D eigenvalue weighted by Gasteiger charge is 1.82. The van der Waals surface area contributed by atoms with Crippen LogP contribution in [-0.2, 0) is 0 Å². The summed E-state index contributed by atoms with van der Waals surface area (Å²) < 4.78 is 0. The molecule has 0 unspecified atom stereocenters. The lowest BCUT2D eigenvalue weighted by Crippen LogP contribution is -1.72. The standard InChI is InChI=1S/C15H26/c1-3-5-7-9-11-13-15-14-12-10-8-6-4-2/h7,9,11,13-15H,3-6,8,10,12H2,1-2H3. The van der Waals surface area contributed by atoms with E-state index in [-0.39, 0.29) is 0 Å². The Hall–Kier alpha value is -0.780. The molecule has 0 heteroatoms. The fourth-order valence-corrected chi connectivity index (χ4v) is 1.33. The molecule has 0 saturated heterocycles. The molecular formula is C15H26. The Morgan fingerprint density at radius 3 is 1.87 bits per heavy atom. The maximum atomic E-state index is 2.26. The third kappa shape index (κ3) is 13.2. The molecule has 0 nitrogen and oxygen atoms in total. The predicted molar refractivity (Wildman–Crippen MR) is 71.1 cm³/mol. The van der Waals surface area contributed by atoms with Gasteiger partial charge in [-0.3, -0.25) is 0 Å². The Morgan fingerprint density at radius 2 is 1.27 bits per heavy atom. The summed E-state index contributed by atoms with van der Waals surface area (Å²) in [5.41, 5.74) is 0. The largest absolute Gasteiger partial charge is 0.0845 e. The topological polar surface area (TPSA) is 0 Å². The van der Waals surface area contributed by atoms with Crippen LogP contribution in [0.25, 0.3) is 0 Å². The van der Waals surface area contributed by atoms with E-state index in [1.807, 2.05) is 0 Å². The molecule has 0 N–H and O–H groups in total. The van der Waals surface area contributed by atoms with Crippen molar-refractivity contribution in [3.8, 4) is 0 Å². The lowest BCUT2D eigenvalue weighted by Gasteiger charge is -1.92. The molecule has 0 aliphatic heterocycles. The van der Waals surface area contributed by atoms with Crippen molar-refractivity contribution in [2.45, 2.75) is 58.8 Å². The molecule has 0 aromatic heterocycles. The van der Waals surface area contributed by atoms with Crippen molar-refractivity contribution in [3.63, 3.8) is 0 Å². The zero-order valence-electron chi connectivity index (χ0n) is 10.4. The van der Waals surface area contributed by atoms with Gasteiger partial charge >= 0.3 is 0 Å². The summed E-state index contributed by atoms with van der Waals surface area (Å²) in [5, 5.41) is 0. The lowest BCUT2D eigenvalue weighted by molar-refractivity contribution is 0.674. The molecule has 0 saturated carbocycles. The molecular weight excluding hydrogens is 180 g/mol. The molecule has 15 heavy (non-hydrogen) atoms. The van der Waals surface area contributed by atoms with Gasteiger partial charge in [-0.15, -0.1) is 0 Å². The van der Waals surface area contributed by atoms with E-state index in [0.717, 1.165) is 0 Å². The lowest BCUT2D eigenvalue weighted by atomic mass is 10.1. The van der Waals surface area contributed by atoms with Gasteiger partial charge in [-0.05, 0) is 19.3 Å².